The maximum Gasteiger partial charge on any atom is 0.262 e. The van der Waals surface area contributed by atoms with E-state index in [9.17, 15) is 4.79 Å². The summed E-state index contributed by atoms with van der Waals surface area (Å²) in [6.45, 7) is 1.18. The molecule has 0 unspecified atom stereocenters. The minimum absolute atomic E-state index is 0.0651. The average Bonchev–Trinajstić information content (AvgIpc) is 2.96. The van der Waals surface area contributed by atoms with Crippen LogP contribution in [0.3, 0.4) is 0 Å². The fraction of sp³-hybridized carbons (Fsp3) is 0.211. The predicted molar refractivity (Wildman–Crippen MR) is 94.5 cm³/mol. The smallest absolute Gasteiger partial charge is 0.262 e. The molecular formula is C19H18N2O4. The van der Waals surface area contributed by atoms with Crippen molar-refractivity contribution in [3.8, 4) is 17.2 Å². The molecule has 1 aliphatic rings. The molecule has 2 aromatic carbocycles. The highest BCUT2D eigenvalue weighted by Gasteiger charge is 2.12. The molecule has 128 valence electrons. The normalized spacial score (nSPS) is 13.3. The second kappa shape index (κ2) is 6.76. The summed E-state index contributed by atoms with van der Waals surface area (Å²) in [7, 11) is 0. The van der Waals surface area contributed by atoms with Gasteiger partial charge in [-0.2, -0.15) is 0 Å². The van der Waals surface area contributed by atoms with Crippen molar-refractivity contribution >= 4 is 22.5 Å². The van der Waals surface area contributed by atoms with Gasteiger partial charge in [-0.25, -0.2) is 0 Å². The lowest BCUT2D eigenvalue weighted by atomic mass is 10.2. The van der Waals surface area contributed by atoms with Gasteiger partial charge < -0.3 is 24.5 Å². The molecule has 2 heterocycles. The summed E-state index contributed by atoms with van der Waals surface area (Å²) in [6.07, 6.45) is 2.71. The van der Waals surface area contributed by atoms with E-state index in [1.54, 1.807) is 18.2 Å². The van der Waals surface area contributed by atoms with Gasteiger partial charge in [0.05, 0.1) is 13.2 Å². The predicted octanol–water partition coefficient (Wildman–Crippen LogP) is 3.35. The first kappa shape index (κ1) is 15.4. The number of carbonyl (C=O) groups is 1. The highest BCUT2D eigenvalue weighted by molar-refractivity contribution is 5.92. The van der Waals surface area contributed by atoms with Crippen molar-refractivity contribution < 1.29 is 19.0 Å². The lowest BCUT2D eigenvalue weighted by molar-refractivity contribution is -0.118. The quantitative estimate of drug-likeness (QED) is 0.765. The number of aromatic amines is 1. The van der Waals surface area contributed by atoms with Crippen LogP contribution in [-0.4, -0.2) is 30.7 Å². The Hall–Kier alpha value is -3.15. The lowest BCUT2D eigenvalue weighted by Gasteiger charge is -2.11. The van der Waals surface area contributed by atoms with E-state index in [1.807, 2.05) is 30.5 Å². The maximum absolute atomic E-state index is 12.1. The molecule has 0 radical (unpaired) electrons. The van der Waals surface area contributed by atoms with Crippen molar-refractivity contribution in [2.24, 2.45) is 0 Å². The summed E-state index contributed by atoms with van der Waals surface area (Å²) >= 11 is 0. The van der Waals surface area contributed by atoms with Crippen molar-refractivity contribution in [2.45, 2.75) is 6.42 Å². The number of amides is 1. The van der Waals surface area contributed by atoms with E-state index < -0.39 is 0 Å². The number of rotatable bonds is 4. The molecule has 0 saturated heterocycles. The van der Waals surface area contributed by atoms with E-state index in [1.165, 1.54) is 0 Å². The molecule has 6 heteroatoms. The van der Waals surface area contributed by atoms with Crippen molar-refractivity contribution in [1.29, 1.82) is 0 Å². The van der Waals surface area contributed by atoms with Gasteiger partial charge in [0, 0.05) is 35.3 Å². The van der Waals surface area contributed by atoms with Gasteiger partial charge in [-0.3, -0.25) is 4.79 Å². The van der Waals surface area contributed by atoms with E-state index in [0.29, 0.717) is 36.1 Å². The number of fused-ring (bicyclic) bond motifs is 2. The largest absolute Gasteiger partial charge is 0.490 e. The third-order valence-electron chi connectivity index (χ3n) is 3.93. The molecule has 6 nitrogen and oxygen atoms in total. The minimum Gasteiger partial charge on any atom is -0.490 e. The number of benzene rings is 2. The Morgan fingerprint density at radius 3 is 2.88 bits per heavy atom. The standard InChI is InChI=1S/C19H18N2O4/c22-19(12-25-15-3-4-16-13(10-15)6-7-20-16)21-14-2-5-17-18(11-14)24-9-1-8-23-17/h2-7,10-11,20H,1,8-9,12H2,(H,21,22). The summed E-state index contributed by atoms with van der Waals surface area (Å²) in [5.74, 6) is 1.77. The van der Waals surface area contributed by atoms with Crippen molar-refractivity contribution in [3.05, 3.63) is 48.7 Å². The summed E-state index contributed by atoms with van der Waals surface area (Å²) in [5.41, 5.74) is 1.68. The van der Waals surface area contributed by atoms with E-state index in [2.05, 4.69) is 10.3 Å². The van der Waals surface area contributed by atoms with Gasteiger partial charge in [0.25, 0.3) is 5.91 Å². The number of hydrogen-bond acceptors (Lipinski definition) is 4. The lowest BCUT2D eigenvalue weighted by Crippen LogP contribution is -2.20. The Kier molecular flexibility index (Phi) is 4.16. The first-order valence-corrected chi connectivity index (χ1v) is 8.17. The van der Waals surface area contributed by atoms with Gasteiger partial charge in [-0.1, -0.05) is 0 Å². The second-order valence-corrected chi connectivity index (χ2v) is 5.78. The summed E-state index contributed by atoms with van der Waals surface area (Å²) in [5, 5.41) is 3.85. The number of ether oxygens (including phenoxy) is 3. The van der Waals surface area contributed by atoms with Crippen LogP contribution in [0.4, 0.5) is 5.69 Å². The van der Waals surface area contributed by atoms with Crippen LogP contribution in [0.15, 0.2) is 48.7 Å². The molecule has 2 N–H and O–H groups in total. The highest BCUT2D eigenvalue weighted by atomic mass is 16.5. The van der Waals surface area contributed by atoms with Gasteiger partial charge in [-0.15, -0.1) is 0 Å². The zero-order valence-corrected chi connectivity index (χ0v) is 13.6. The molecule has 0 saturated carbocycles. The van der Waals surface area contributed by atoms with Gasteiger partial charge in [0.15, 0.2) is 18.1 Å². The van der Waals surface area contributed by atoms with E-state index >= 15 is 0 Å². The molecular weight excluding hydrogens is 320 g/mol. The molecule has 0 bridgehead atoms. The molecule has 0 atom stereocenters. The average molecular weight is 338 g/mol. The van der Waals surface area contributed by atoms with Crippen molar-refractivity contribution in [3.63, 3.8) is 0 Å². The Morgan fingerprint density at radius 2 is 1.96 bits per heavy atom. The number of aromatic nitrogens is 1. The zero-order valence-electron chi connectivity index (χ0n) is 13.6. The first-order valence-electron chi connectivity index (χ1n) is 8.17. The van der Waals surface area contributed by atoms with Gasteiger partial charge in [-0.05, 0) is 36.4 Å². The second-order valence-electron chi connectivity index (χ2n) is 5.78. The minimum atomic E-state index is -0.233. The van der Waals surface area contributed by atoms with Crippen LogP contribution in [0, 0.1) is 0 Å². The molecule has 1 aliphatic heterocycles. The summed E-state index contributed by atoms with van der Waals surface area (Å²) < 4.78 is 16.8. The Balaban J connectivity index is 1.37. The van der Waals surface area contributed by atoms with Crippen LogP contribution in [0.2, 0.25) is 0 Å². The number of nitrogens with one attached hydrogen (secondary N) is 2. The van der Waals surface area contributed by atoms with Crippen LogP contribution in [0.1, 0.15) is 6.42 Å². The van der Waals surface area contributed by atoms with Crippen LogP contribution < -0.4 is 19.5 Å². The third kappa shape index (κ3) is 3.52. The number of H-pyrrole nitrogens is 1. The molecule has 4 rings (SSSR count). The fourth-order valence-electron chi connectivity index (χ4n) is 2.71. The number of anilines is 1. The first-order chi connectivity index (χ1) is 12.3. The van der Waals surface area contributed by atoms with E-state index in [4.69, 9.17) is 14.2 Å². The van der Waals surface area contributed by atoms with Gasteiger partial charge in [0.2, 0.25) is 0 Å². The maximum atomic E-state index is 12.1. The van der Waals surface area contributed by atoms with E-state index in [0.717, 1.165) is 17.3 Å². The van der Waals surface area contributed by atoms with Crippen molar-refractivity contribution in [1.82, 2.24) is 4.98 Å². The molecule has 25 heavy (non-hydrogen) atoms. The van der Waals surface area contributed by atoms with Crippen LogP contribution in [0.25, 0.3) is 10.9 Å². The molecule has 0 aliphatic carbocycles. The summed E-state index contributed by atoms with van der Waals surface area (Å²) in [4.78, 5) is 15.2. The Bertz CT molecular complexity index is 903. The Morgan fingerprint density at radius 1 is 1.08 bits per heavy atom. The van der Waals surface area contributed by atoms with Crippen molar-refractivity contribution in [2.75, 3.05) is 25.1 Å². The number of hydrogen-bond donors (Lipinski definition) is 2. The molecule has 0 spiro atoms. The SMILES string of the molecule is O=C(COc1ccc2[nH]ccc2c1)Nc1ccc2c(c1)OCCCO2. The topological polar surface area (TPSA) is 72.6 Å². The van der Waals surface area contributed by atoms with Crippen LogP contribution >= 0.6 is 0 Å². The van der Waals surface area contributed by atoms with Gasteiger partial charge in [0.1, 0.15) is 5.75 Å². The monoisotopic (exact) mass is 338 g/mol. The van der Waals surface area contributed by atoms with Gasteiger partial charge >= 0.3 is 0 Å². The fourth-order valence-corrected chi connectivity index (χ4v) is 2.71. The van der Waals surface area contributed by atoms with Crippen LogP contribution in [-0.2, 0) is 4.79 Å². The third-order valence-corrected chi connectivity index (χ3v) is 3.93. The van der Waals surface area contributed by atoms with Crippen LogP contribution in [0.5, 0.6) is 17.2 Å². The molecule has 1 amide bonds. The molecule has 1 aromatic heterocycles. The Labute approximate surface area is 144 Å². The highest BCUT2D eigenvalue weighted by Crippen LogP contribution is 2.32. The molecule has 3 aromatic rings. The zero-order chi connectivity index (χ0) is 17.1. The molecule has 0 fully saturated rings. The number of carbonyl (C=O) groups excluding carboxylic acids is 1. The summed E-state index contributed by atoms with van der Waals surface area (Å²) in [6, 6.07) is 13.0. The van der Waals surface area contributed by atoms with E-state index in [-0.39, 0.29) is 12.5 Å².